The van der Waals surface area contributed by atoms with Crippen LogP contribution in [0.25, 0.3) is 6.08 Å². The van der Waals surface area contributed by atoms with Crippen LogP contribution in [0.2, 0.25) is 0 Å². The lowest BCUT2D eigenvalue weighted by atomic mass is 9.90. The van der Waals surface area contributed by atoms with E-state index in [1.165, 1.54) is 30.1 Å². The van der Waals surface area contributed by atoms with Crippen molar-refractivity contribution < 1.29 is 23.9 Å². The van der Waals surface area contributed by atoms with Crippen molar-refractivity contribution in [1.82, 2.24) is 9.80 Å². The predicted octanol–water partition coefficient (Wildman–Crippen LogP) is 3.96. The van der Waals surface area contributed by atoms with Crippen molar-refractivity contribution in [3.8, 4) is 11.5 Å². The summed E-state index contributed by atoms with van der Waals surface area (Å²) in [6, 6.07) is 8.87. The number of nitrogens with zero attached hydrogens (tertiary/aromatic N) is 2. The normalized spacial score (nSPS) is 10.8. The average Bonchev–Trinajstić information content (AvgIpc) is 2.81. The molecule has 2 rings (SSSR count). The smallest absolute Gasteiger partial charge is 0.257 e. The minimum atomic E-state index is -0.374. The number of carbonyl (C=O) groups is 3. The van der Waals surface area contributed by atoms with Gasteiger partial charge in [-0.05, 0) is 18.6 Å². The van der Waals surface area contributed by atoms with E-state index in [0.29, 0.717) is 28.9 Å². The van der Waals surface area contributed by atoms with Crippen molar-refractivity contribution >= 4 is 23.7 Å². The lowest BCUT2D eigenvalue weighted by Gasteiger charge is -2.25. The minimum Gasteiger partial charge on any atom is -0.496 e. The largest absolute Gasteiger partial charge is 0.496 e. The van der Waals surface area contributed by atoms with E-state index in [9.17, 15) is 14.4 Å². The molecule has 0 unspecified atom stereocenters. The van der Waals surface area contributed by atoms with Crippen molar-refractivity contribution in [1.29, 1.82) is 0 Å². The molecule has 0 spiro atoms. The van der Waals surface area contributed by atoms with Gasteiger partial charge in [0.15, 0.2) is 5.78 Å². The highest BCUT2D eigenvalue weighted by atomic mass is 16.5. The number of hydrogen-bond acceptors (Lipinski definition) is 5. The maximum atomic E-state index is 13.3. The van der Waals surface area contributed by atoms with Gasteiger partial charge in [0, 0.05) is 39.3 Å². The van der Waals surface area contributed by atoms with Crippen LogP contribution in [0.15, 0.2) is 36.4 Å². The van der Waals surface area contributed by atoms with Crippen molar-refractivity contribution in [2.45, 2.75) is 19.8 Å². The van der Waals surface area contributed by atoms with Crippen LogP contribution < -0.4 is 9.47 Å². The van der Waals surface area contributed by atoms with E-state index < -0.39 is 0 Å². The van der Waals surface area contributed by atoms with E-state index in [4.69, 9.17) is 9.47 Å². The molecule has 0 N–H and O–H groups in total. The van der Waals surface area contributed by atoms with E-state index in [0.717, 1.165) is 6.42 Å². The van der Waals surface area contributed by atoms with Gasteiger partial charge in [-0.15, -0.1) is 0 Å². The van der Waals surface area contributed by atoms with Crippen molar-refractivity contribution in [3.63, 3.8) is 0 Å². The molecule has 0 aromatic heterocycles. The third-order valence-corrected chi connectivity index (χ3v) is 5.15. The Morgan fingerprint density at radius 3 is 1.88 bits per heavy atom. The summed E-state index contributed by atoms with van der Waals surface area (Å²) in [7, 11) is 9.43. The van der Waals surface area contributed by atoms with E-state index in [2.05, 4.69) is 0 Å². The molecule has 2 aromatic carbocycles. The summed E-state index contributed by atoms with van der Waals surface area (Å²) in [5, 5.41) is 0. The van der Waals surface area contributed by atoms with Crippen LogP contribution in [0.5, 0.6) is 11.5 Å². The zero-order chi connectivity index (χ0) is 24.7. The monoisotopic (exact) mass is 452 g/mol. The number of methoxy groups -OCH3 is 2. The van der Waals surface area contributed by atoms with Crippen LogP contribution in [0.3, 0.4) is 0 Å². The molecule has 2 aromatic rings. The molecule has 176 valence electrons. The van der Waals surface area contributed by atoms with Gasteiger partial charge < -0.3 is 19.3 Å². The fraction of sp³-hybridized carbons (Fsp3) is 0.346. The summed E-state index contributed by atoms with van der Waals surface area (Å²) >= 11 is 0. The van der Waals surface area contributed by atoms with Crippen molar-refractivity contribution in [2.24, 2.45) is 0 Å². The first-order valence-electron chi connectivity index (χ1n) is 10.7. The number of hydrogen-bond donors (Lipinski definition) is 0. The van der Waals surface area contributed by atoms with Crippen LogP contribution >= 0.6 is 0 Å². The van der Waals surface area contributed by atoms with Gasteiger partial charge in [-0.2, -0.15) is 0 Å². The molecule has 0 saturated heterocycles. The Balaban J connectivity index is 2.91. The highest BCUT2D eigenvalue weighted by Crippen LogP contribution is 2.42. The molecule has 0 aliphatic rings. The van der Waals surface area contributed by atoms with Crippen molar-refractivity contribution in [2.75, 3.05) is 42.4 Å². The zero-order valence-electron chi connectivity index (χ0n) is 20.4. The third-order valence-electron chi connectivity index (χ3n) is 5.15. The quantitative estimate of drug-likeness (QED) is 0.425. The number of ether oxygens (including phenoxy) is 2. The number of carbonyl (C=O) groups excluding carboxylic acids is 3. The van der Waals surface area contributed by atoms with Gasteiger partial charge in [-0.1, -0.05) is 43.7 Å². The molecule has 0 fully saturated rings. The highest BCUT2D eigenvalue weighted by Gasteiger charge is 2.32. The summed E-state index contributed by atoms with van der Waals surface area (Å²) in [5.74, 6) is -0.304. The van der Waals surface area contributed by atoms with Gasteiger partial charge in [-0.3, -0.25) is 14.4 Å². The summed E-state index contributed by atoms with van der Waals surface area (Å²) in [5.41, 5.74) is 1.98. The Hall–Kier alpha value is -3.61. The van der Waals surface area contributed by atoms with Gasteiger partial charge in [0.25, 0.3) is 11.8 Å². The zero-order valence-corrected chi connectivity index (χ0v) is 20.4. The SMILES string of the molecule is CCCc1c(OC)c(C=CC(=O)c2ccccc2)c(OC)c(C(=O)N(C)C)c1C(=O)N(C)C. The summed E-state index contributed by atoms with van der Waals surface area (Å²) in [6.07, 6.45) is 4.23. The maximum absolute atomic E-state index is 13.3. The standard InChI is InChI=1S/C26H32N2O5/c1-8-12-18-21(25(30)27(2)3)22(26(31)28(4)5)24(33-7)19(23(18)32-6)15-16-20(29)17-13-10-9-11-14-17/h9-11,13-16H,8,12H2,1-7H3. The second-order valence-electron chi connectivity index (χ2n) is 7.92. The fourth-order valence-corrected chi connectivity index (χ4v) is 3.61. The second-order valence-corrected chi connectivity index (χ2v) is 7.92. The molecule has 7 heteroatoms. The molecule has 2 amide bonds. The van der Waals surface area contributed by atoms with Crippen LogP contribution in [-0.2, 0) is 6.42 Å². The molecular weight excluding hydrogens is 420 g/mol. The lowest BCUT2D eigenvalue weighted by Crippen LogP contribution is -2.30. The summed E-state index contributed by atoms with van der Waals surface area (Å²) in [4.78, 5) is 42.1. The maximum Gasteiger partial charge on any atom is 0.257 e. The van der Waals surface area contributed by atoms with Gasteiger partial charge in [0.2, 0.25) is 0 Å². The summed E-state index contributed by atoms with van der Waals surface area (Å²) in [6.45, 7) is 1.98. The number of rotatable bonds is 9. The van der Waals surface area contributed by atoms with Crippen LogP contribution in [0.4, 0.5) is 0 Å². The number of allylic oxidation sites excluding steroid dienone is 1. The van der Waals surface area contributed by atoms with E-state index in [1.807, 2.05) is 13.0 Å². The van der Waals surface area contributed by atoms with E-state index in [-0.39, 0.29) is 34.5 Å². The Bertz CT molecular complexity index is 1060. The van der Waals surface area contributed by atoms with Crippen LogP contribution in [0, 0.1) is 0 Å². The second kappa shape index (κ2) is 11.3. The summed E-state index contributed by atoms with van der Waals surface area (Å²) < 4.78 is 11.4. The molecule has 0 saturated carbocycles. The number of benzene rings is 2. The molecule has 0 aliphatic carbocycles. The average molecular weight is 453 g/mol. The van der Waals surface area contributed by atoms with E-state index >= 15 is 0 Å². The topological polar surface area (TPSA) is 76.1 Å². The molecule has 0 radical (unpaired) electrons. The minimum absolute atomic E-state index is 0.150. The van der Waals surface area contributed by atoms with Crippen molar-refractivity contribution in [3.05, 3.63) is 64.2 Å². The Labute approximate surface area is 195 Å². The van der Waals surface area contributed by atoms with Crippen LogP contribution in [0.1, 0.15) is 55.5 Å². The van der Waals surface area contributed by atoms with Crippen LogP contribution in [-0.4, -0.2) is 69.8 Å². The van der Waals surface area contributed by atoms with E-state index in [1.54, 1.807) is 58.5 Å². The number of ketones is 1. The molecule has 0 heterocycles. The molecule has 7 nitrogen and oxygen atoms in total. The lowest BCUT2D eigenvalue weighted by molar-refractivity contribution is 0.0786. The Kier molecular flexibility index (Phi) is 8.79. The molecule has 0 bridgehead atoms. The molecule has 0 aliphatic heterocycles. The Morgan fingerprint density at radius 1 is 0.848 bits per heavy atom. The Morgan fingerprint density at radius 2 is 1.39 bits per heavy atom. The van der Waals surface area contributed by atoms with Gasteiger partial charge >= 0.3 is 0 Å². The molecule has 0 atom stereocenters. The van der Waals surface area contributed by atoms with Gasteiger partial charge in [-0.25, -0.2) is 0 Å². The fourth-order valence-electron chi connectivity index (χ4n) is 3.61. The first kappa shape index (κ1) is 25.6. The van der Waals surface area contributed by atoms with Gasteiger partial charge in [0.05, 0.1) is 30.9 Å². The first-order valence-corrected chi connectivity index (χ1v) is 10.7. The van der Waals surface area contributed by atoms with Gasteiger partial charge in [0.1, 0.15) is 11.5 Å². The highest BCUT2D eigenvalue weighted by molar-refractivity contribution is 6.12. The predicted molar refractivity (Wildman–Crippen MR) is 129 cm³/mol. The molecular formula is C26H32N2O5. The first-order chi connectivity index (χ1) is 15.7. The third kappa shape index (κ3) is 5.42. The molecule has 33 heavy (non-hydrogen) atoms. The number of amides is 2.